The van der Waals surface area contributed by atoms with Gasteiger partial charge in [-0.1, -0.05) is 19.1 Å². The van der Waals surface area contributed by atoms with Gasteiger partial charge in [0.1, 0.15) is 11.9 Å². The molecule has 2 rings (SSSR count). The zero-order valence-corrected chi connectivity index (χ0v) is 10.7. The molecule has 4 nitrogen and oxygen atoms in total. The molecular weight excluding hydrogens is 228 g/mol. The lowest BCUT2D eigenvalue weighted by molar-refractivity contribution is 0.209. The van der Waals surface area contributed by atoms with Gasteiger partial charge in [-0.25, -0.2) is 0 Å². The van der Waals surface area contributed by atoms with Gasteiger partial charge in [-0.3, -0.25) is 4.68 Å². The Morgan fingerprint density at radius 3 is 2.56 bits per heavy atom. The van der Waals surface area contributed by atoms with E-state index < -0.39 is 6.10 Å². The Morgan fingerprint density at radius 1 is 1.28 bits per heavy atom. The Labute approximate surface area is 107 Å². The van der Waals surface area contributed by atoms with Gasteiger partial charge < -0.3 is 9.84 Å². The van der Waals surface area contributed by atoms with E-state index in [1.807, 2.05) is 37.4 Å². The van der Waals surface area contributed by atoms with E-state index in [4.69, 9.17) is 4.74 Å². The van der Waals surface area contributed by atoms with Crippen LogP contribution in [0.3, 0.4) is 0 Å². The third-order valence-electron chi connectivity index (χ3n) is 2.81. The first-order chi connectivity index (χ1) is 8.72. The van der Waals surface area contributed by atoms with E-state index in [2.05, 4.69) is 12.0 Å². The van der Waals surface area contributed by atoms with Crippen molar-refractivity contribution in [2.75, 3.05) is 6.61 Å². The summed E-state index contributed by atoms with van der Waals surface area (Å²) in [5.74, 6) is 0.831. The molecule has 18 heavy (non-hydrogen) atoms. The molecule has 0 saturated heterocycles. The molecule has 1 aromatic heterocycles. The average molecular weight is 246 g/mol. The van der Waals surface area contributed by atoms with Crippen LogP contribution < -0.4 is 4.74 Å². The molecule has 0 aliphatic carbocycles. The van der Waals surface area contributed by atoms with Crippen molar-refractivity contribution in [2.45, 2.75) is 19.4 Å². The Kier molecular flexibility index (Phi) is 3.99. The van der Waals surface area contributed by atoms with Crippen molar-refractivity contribution in [3.8, 4) is 5.75 Å². The van der Waals surface area contributed by atoms with E-state index in [-0.39, 0.29) is 0 Å². The summed E-state index contributed by atoms with van der Waals surface area (Å²) in [5.41, 5.74) is 1.61. The van der Waals surface area contributed by atoms with E-state index in [0.717, 1.165) is 23.4 Å². The molecule has 4 heteroatoms. The summed E-state index contributed by atoms with van der Waals surface area (Å²) in [4.78, 5) is 0. The maximum absolute atomic E-state index is 10.2. The molecule has 0 saturated carbocycles. The van der Waals surface area contributed by atoms with Gasteiger partial charge in [0.25, 0.3) is 0 Å². The number of nitrogens with zero attached hydrogens (tertiary/aromatic N) is 2. The second-order valence-electron chi connectivity index (χ2n) is 4.20. The smallest absolute Gasteiger partial charge is 0.121 e. The quantitative estimate of drug-likeness (QED) is 0.880. The molecule has 0 spiro atoms. The normalized spacial score (nSPS) is 12.4. The highest BCUT2D eigenvalue weighted by atomic mass is 16.5. The number of hydrogen-bond acceptors (Lipinski definition) is 3. The van der Waals surface area contributed by atoms with Crippen LogP contribution in [-0.4, -0.2) is 21.5 Å². The highest BCUT2D eigenvalue weighted by Crippen LogP contribution is 2.23. The monoisotopic (exact) mass is 246 g/mol. The predicted molar refractivity (Wildman–Crippen MR) is 69.5 cm³/mol. The number of benzene rings is 1. The molecule has 1 unspecified atom stereocenters. The third kappa shape index (κ3) is 2.71. The zero-order valence-electron chi connectivity index (χ0n) is 10.7. The van der Waals surface area contributed by atoms with Crippen molar-refractivity contribution in [1.29, 1.82) is 0 Å². The zero-order chi connectivity index (χ0) is 13.0. The van der Waals surface area contributed by atoms with Gasteiger partial charge >= 0.3 is 0 Å². The molecule has 1 heterocycles. The number of hydrogen-bond donors (Lipinski definition) is 1. The number of rotatable bonds is 5. The first-order valence-corrected chi connectivity index (χ1v) is 6.11. The van der Waals surface area contributed by atoms with Crippen LogP contribution >= 0.6 is 0 Å². The average Bonchev–Trinajstić information content (AvgIpc) is 2.82. The van der Waals surface area contributed by atoms with E-state index >= 15 is 0 Å². The second-order valence-corrected chi connectivity index (χ2v) is 4.20. The molecule has 0 amide bonds. The first kappa shape index (κ1) is 12.6. The molecule has 0 radical (unpaired) electrons. The van der Waals surface area contributed by atoms with E-state index in [0.29, 0.717) is 6.61 Å². The largest absolute Gasteiger partial charge is 0.494 e. The van der Waals surface area contributed by atoms with Gasteiger partial charge in [0, 0.05) is 13.2 Å². The van der Waals surface area contributed by atoms with Gasteiger partial charge in [-0.05, 0) is 30.2 Å². The summed E-state index contributed by atoms with van der Waals surface area (Å²) < 4.78 is 7.18. The molecule has 2 aromatic rings. The maximum Gasteiger partial charge on any atom is 0.121 e. The molecule has 0 aliphatic rings. The van der Waals surface area contributed by atoms with Crippen LogP contribution in [0.5, 0.6) is 5.75 Å². The van der Waals surface area contributed by atoms with Crippen LogP contribution in [0.25, 0.3) is 0 Å². The fourth-order valence-electron chi connectivity index (χ4n) is 1.79. The topological polar surface area (TPSA) is 47.3 Å². The van der Waals surface area contributed by atoms with Crippen LogP contribution in [0.2, 0.25) is 0 Å². The first-order valence-electron chi connectivity index (χ1n) is 6.11. The minimum atomic E-state index is -0.655. The van der Waals surface area contributed by atoms with Crippen LogP contribution in [0, 0.1) is 0 Å². The fourth-order valence-corrected chi connectivity index (χ4v) is 1.79. The van der Waals surface area contributed by atoms with Crippen molar-refractivity contribution in [3.63, 3.8) is 0 Å². The van der Waals surface area contributed by atoms with E-state index in [1.54, 1.807) is 10.9 Å². The Morgan fingerprint density at radius 2 is 2.00 bits per heavy atom. The molecule has 1 N–H and O–H groups in total. The second kappa shape index (κ2) is 5.69. The molecule has 0 fully saturated rings. The molecular formula is C14H18N2O2. The van der Waals surface area contributed by atoms with Crippen LogP contribution in [0.4, 0.5) is 0 Å². The highest BCUT2D eigenvalue weighted by molar-refractivity contribution is 5.31. The van der Waals surface area contributed by atoms with Crippen molar-refractivity contribution in [1.82, 2.24) is 9.78 Å². The molecule has 96 valence electrons. The summed E-state index contributed by atoms with van der Waals surface area (Å²) in [6, 6.07) is 9.33. The SMILES string of the molecule is CCCOc1ccc(C(O)c2ccnn2C)cc1. The summed E-state index contributed by atoms with van der Waals surface area (Å²) in [5, 5.41) is 14.3. The fraction of sp³-hybridized carbons (Fsp3) is 0.357. The van der Waals surface area contributed by atoms with Crippen LogP contribution in [0.15, 0.2) is 36.5 Å². The third-order valence-corrected chi connectivity index (χ3v) is 2.81. The summed E-state index contributed by atoms with van der Waals surface area (Å²) >= 11 is 0. The van der Waals surface area contributed by atoms with Crippen LogP contribution in [0.1, 0.15) is 30.7 Å². The van der Waals surface area contributed by atoms with Gasteiger partial charge in [0.15, 0.2) is 0 Å². The lowest BCUT2D eigenvalue weighted by atomic mass is 10.1. The van der Waals surface area contributed by atoms with Crippen molar-refractivity contribution >= 4 is 0 Å². The van der Waals surface area contributed by atoms with E-state index in [9.17, 15) is 5.11 Å². The number of aryl methyl sites for hydroxylation is 1. The molecule has 1 aromatic carbocycles. The standard InChI is InChI=1S/C14H18N2O2/c1-3-10-18-12-6-4-11(5-7-12)14(17)13-8-9-15-16(13)2/h4-9,14,17H,3,10H2,1-2H3. The Bertz CT molecular complexity index is 491. The van der Waals surface area contributed by atoms with Gasteiger partial charge in [-0.15, -0.1) is 0 Å². The minimum Gasteiger partial charge on any atom is -0.494 e. The van der Waals surface area contributed by atoms with Gasteiger partial charge in [0.05, 0.1) is 12.3 Å². The van der Waals surface area contributed by atoms with Crippen molar-refractivity contribution < 1.29 is 9.84 Å². The molecule has 0 aliphatic heterocycles. The molecule has 0 bridgehead atoms. The lowest BCUT2D eigenvalue weighted by Crippen LogP contribution is -2.06. The van der Waals surface area contributed by atoms with Gasteiger partial charge in [-0.2, -0.15) is 5.10 Å². The summed E-state index contributed by atoms with van der Waals surface area (Å²) in [6.45, 7) is 2.78. The van der Waals surface area contributed by atoms with Crippen molar-refractivity contribution in [3.05, 3.63) is 47.8 Å². The summed E-state index contributed by atoms with van der Waals surface area (Å²) in [6.07, 6.45) is 2.01. The number of ether oxygens (including phenoxy) is 1. The Balaban J connectivity index is 2.12. The summed E-state index contributed by atoms with van der Waals surface area (Å²) in [7, 11) is 1.82. The highest BCUT2D eigenvalue weighted by Gasteiger charge is 2.13. The lowest BCUT2D eigenvalue weighted by Gasteiger charge is -2.12. The number of aromatic nitrogens is 2. The Hall–Kier alpha value is -1.81. The number of aliphatic hydroxyl groups excluding tert-OH is 1. The van der Waals surface area contributed by atoms with E-state index in [1.165, 1.54) is 0 Å². The molecule has 1 atom stereocenters. The van der Waals surface area contributed by atoms with Crippen LogP contribution in [-0.2, 0) is 7.05 Å². The number of aliphatic hydroxyl groups is 1. The van der Waals surface area contributed by atoms with Gasteiger partial charge in [0.2, 0.25) is 0 Å². The predicted octanol–water partition coefficient (Wildman–Crippen LogP) is 2.29. The maximum atomic E-state index is 10.2. The minimum absolute atomic E-state index is 0.655. The van der Waals surface area contributed by atoms with Crippen molar-refractivity contribution in [2.24, 2.45) is 7.05 Å².